The van der Waals surface area contributed by atoms with Gasteiger partial charge < -0.3 is 15.0 Å². The van der Waals surface area contributed by atoms with Gasteiger partial charge in [-0.15, -0.1) is 0 Å². The van der Waals surface area contributed by atoms with Crippen LogP contribution in [0.4, 0.5) is 0 Å². The minimum atomic E-state index is -0.690. The normalized spacial score (nSPS) is 11.8. The molecule has 0 aliphatic rings. The number of amides is 2. The molecule has 2 rings (SSSR count). The first-order chi connectivity index (χ1) is 14.2. The minimum absolute atomic E-state index is 0.194. The lowest BCUT2D eigenvalue weighted by Gasteiger charge is -2.29. The maximum absolute atomic E-state index is 13.0. The third kappa shape index (κ3) is 7.18. The van der Waals surface area contributed by atoms with Crippen molar-refractivity contribution in [1.82, 2.24) is 10.2 Å². The van der Waals surface area contributed by atoms with Crippen molar-refractivity contribution in [1.29, 1.82) is 0 Å². The van der Waals surface area contributed by atoms with Crippen LogP contribution in [0, 0.1) is 5.92 Å². The van der Waals surface area contributed by atoms with Crippen molar-refractivity contribution < 1.29 is 14.3 Å². The van der Waals surface area contributed by atoms with E-state index < -0.39 is 6.04 Å². The second kappa shape index (κ2) is 11.6. The molecule has 5 nitrogen and oxygen atoms in total. The summed E-state index contributed by atoms with van der Waals surface area (Å²) in [4.78, 5) is 27.1. The van der Waals surface area contributed by atoms with Crippen LogP contribution >= 0.6 is 39.1 Å². The molecule has 2 amide bonds. The number of hydrogen-bond donors (Lipinski definition) is 1. The molecule has 30 heavy (non-hydrogen) atoms. The number of carbonyl (C=O) groups excluding carboxylic acids is 2. The highest BCUT2D eigenvalue weighted by Gasteiger charge is 2.27. The zero-order valence-corrected chi connectivity index (χ0v) is 20.2. The Morgan fingerprint density at radius 1 is 1.13 bits per heavy atom. The van der Waals surface area contributed by atoms with Crippen LogP contribution in [0.5, 0.6) is 5.75 Å². The van der Waals surface area contributed by atoms with Gasteiger partial charge in [-0.05, 0) is 58.6 Å². The van der Waals surface area contributed by atoms with Crippen molar-refractivity contribution in [3.8, 4) is 5.75 Å². The van der Waals surface area contributed by atoms with Gasteiger partial charge in [-0.2, -0.15) is 0 Å². The van der Waals surface area contributed by atoms with E-state index in [1.807, 2.05) is 32.0 Å². The lowest BCUT2D eigenvalue weighted by atomic mass is 10.1. The second-order valence-corrected chi connectivity index (χ2v) is 8.99. The quantitative estimate of drug-likeness (QED) is 0.491. The molecule has 0 saturated carbocycles. The van der Waals surface area contributed by atoms with Gasteiger partial charge >= 0.3 is 0 Å². The Hall–Kier alpha value is -1.76. The van der Waals surface area contributed by atoms with Gasteiger partial charge in [0, 0.05) is 23.1 Å². The van der Waals surface area contributed by atoms with Gasteiger partial charge in [-0.25, -0.2) is 0 Å². The Balaban J connectivity index is 2.17. The molecule has 0 aliphatic carbocycles. The fourth-order valence-electron chi connectivity index (χ4n) is 2.66. The first-order valence-corrected chi connectivity index (χ1v) is 11.1. The lowest BCUT2D eigenvalue weighted by molar-refractivity contribution is -0.142. The molecular weight excluding hydrogens is 491 g/mol. The molecule has 0 radical (unpaired) electrons. The van der Waals surface area contributed by atoms with Crippen LogP contribution in [-0.4, -0.2) is 35.9 Å². The number of benzene rings is 2. The molecule has 0 bridgehead atoms. The molecule has 1 unspecified atom stereocenters. The molecule has 0 fully saturated rings. The van der Waals surface area contributed by atoms with Gasteiger partial charge in [-0.3, -0.25) is 9.59 Å². The molecule has 1 atom stereocenters. The molecule has 1 N–H and O–H groups in total. The first-order valence-electron chi connectivity index (χ1n) is 9.57. The molecule has 0 aromatic heterocycles. The van der Waals surface area contributed by atoms with Crippen LogP contribution in [-0.2, 0) is 16.1 Å². The lowest BCUT2D eigenvalue weighted by Crippen LogP contribution is -2.49. The molecule has 2 aromatic carbocycles. The number of nitrogens with one attached hydrogen (secondary N) is 1. The van der Waals surface area contributed by atoms with Gasteiger partial charge in [0.1, 0.15) is 11.8 Å². The fourth-order valence-corrected chi connectivity index (χ4v) is 3.65. The highest BCUT2D eigenvalue weighted by atomic mass is 79.9. The molecule has 2 aromatic rings. The molecule has 162 valence electrons. The zero-order chi connectivity index (χ0) is 22.3. The summed E-state index contributed by atoms with van der Waals surface area (Å²) in [5.41, 5.74) is 0.753. The average Bonchev–Trinajstić information content (AvgIpc) is 2.70. The third-order valence-corrected chi connectivity index (χ3v) is 5.62. The van der Waals surface area contributed by atoms with Crippen LogP contribution in [0.2, 0.25) is 10.0 Å². The maximum Gasteiger partial charge on any atom is 0.261 e. The van der Waals surface area contributed by atoms with Gasteiger partial charge in [-0.1, -0.05) is 55.2 Å². The minimum Gasteiger partial charge on any atom is -0.483 e. The summed E-state index contributed by atoms with van der Waals surface area (Å²) in [5, 5.41) is 3.96. The number of nitrogens with zero attached hydrogens (tertiary/aromatic N) is 1. The summed E-state index contributed by atoms with van der Waals surface area (Å²) in [6.45, 7) is 6.21. The SMILES string of the molecule is CC(C)CNC(=O)C(C)N(Cc1ccccc1Cl)C(=O)COc1ccc(Cl)cc1Br. The first kappa shape index (κ1) is 24.5. The summed E-state index contributed by atoms with van der Waals surface area (Å²) in [6, 6.07) is 11.6. The summed E-state index contributed by atoms with van der Waals surface area (Å²) in [7, 11) is 0. The number of hydrogen-bond acceptors (Lipinski definition) is 3. The van der Waals surface area contributed by atoms with E-state index in [1.165, 1.54) is 4.90 Å². The van der Waals surface area contributed by atoms with Crippen LogP contribution in [0.1, 0.15) is 26.3 Å². The molecular formula is C22H25BrCl2N2O3. The van der Waals surface area contributed by atoms with Crippen molar-refractivity contribution in [3.63, 3.8) is 0 Å². The number of carbonyl (C=O) groups is 2. The highest BCUT2D eigenvalue weighted by Crippen LogP contribution is 2.28. The van der Waals surface area contributed by atoms with E-state index in [-0.39, 0.29) is 25.0 Å². The van der Waals surface area contributed by atoms with Crippen molar-refractivity contribution in [2.75, 3.05) is 13.2 Å². The van der Waals surface area contributed by atoms with Crippen LogP contribution in [0.3, 0.4) is 0 Å². The summed E-state index contributed by atoms with van der Waals surface area (Å²) in [6.07, 6.45) is 0. The van der Waals surface area contributed by atoms with Crippen LogP contribution < -0.4 is 10.1 Å². The van der Waals surface area contributed by atoms with Crippen molar-refractivity contribution in [2.24, 2.45) is 5.92 Å². The van der Waals surface area contributed by atoms with Gasteiger partial charge in [0.2, 0.25) is 5.91 Å². The number of ether oxygens (including phenoxy) is 1. The Morgan fingerprint density at radius 2 is 1.83 bits per heavy atom. The van der Waals surface area contributed by atoms with Gasteiger partial charge in [0.25, 0.3) is 5.91 Å². The molecule has 0 saturated heterocycles. The van der Waals surface area contributed by atoms with E-state index in [0.29, 0.717) is 32.7 Å². The Morgan fingerprint density at radius 3 is 2.47 bits per heavy atom. The zero-order valence-electron chi connectivity index (χ0n) is 17.1. The van der Waals surface area contributed by atoms with E-state index in [9.17, 15) is 9.59 Å². The second-order valence-electron chi connectivity index (χ2n) is 7.29. The van der Waals surface area contributed by atoms with Gasteiger partial charge in [0.05, 0.1) is 4.47 Å². The van der Waals surface area contributed by atoms with Crippen molar-refractivity contribution >= 4 is 50.9 Å². The average molecular weight is 516 g/mol. The Bertz CT molecular complexity index is 892. The van der Waals surface area contributed by atoms with E-state index in [0.717, 1.165) is 5.56 Å². The van der Waals surface area contributed by atoms with E-state index in [4.69, 9.17) is 27.9 Å². The van der Waals surface area contributed by atoms with E-state index in [2.05, 4.69) is 21.2 Å². The number of rotatable bonds is 9. The smallest absolute Gasteiger partial charge is 0.261 e. The Kier molecular flexibility index (Phi) is 9.46. The molecule has 0 spiro atoms. The Labute approximate surface area is 195 Å². The largest absolute Gasteiger partial charge is 0.483 e. The highest BCUT2D eigenvalue weighted by molar-refractivity contribution is 9.10. The van der Waals surface area contributed by atoms with Gasteiger partial charge in [0.15, 0.2) is 6.61 Å². The van der Waals surface area contributed by atoms with E-state index in [1.54, 1.807) is 31.2 Å². The number of halogens is 3. The topological polar surface area (TPSA) is 58.6 Å². The van der Waals surface area contributed by atoms with Crippen LogP contribution in [0.25, 0.3) is 0 Å². The molecule has 0 heterocycles. The molecule has 0 aliphatic heterocycles. The van der Waals surface area contributed by atoms with Crippen LogP contribution in [0.15, 0.2) is 46.9 Å². The third-order valence-electron chi connectivity index (χ3n) is 4.40. The summed E-state index contributed by atoms with van der Waals surface area (Å²) >= 11 is 15.6. The predicted molar refractivity (Wildman–Crippen MR) is 124 cm³/mol. The van der Waals surface area contributed by atoms with Crippen molar-refractivity contribution in [3.05, 3.63) is 62.5 Å². The summed E-state index contributed by atoms with van der Waals surface area (Å²) < 4.78 is 6.31. The standard InChI is InChI=1S/C22H25BrCl2N2O3/c1-14(2)11-26-22(29)15(3)27(12-16-6-4-5-7-19(16)25)21(28)13-30-20-9-8-17(24)10-18(20)23/h4-10,14-15H,11-13H2,1-3H3,(H,26,29). The van der Waals surface area contributed by atoms with E-state index >= 15 is 0 Å². The molecule has 8 heteroatoms. The van der Waals surface area contributed by atoms with Crippen molar-refractivity contribution in [2.45, 2.75) is 33.4 Å². The fraction of sp³-hybridized carbons (Fsp3) is 0.364. The summed E-state index contributed by atoms with van der Waals surface area (Å²) in [5.74, 6) is 0.238. The maximum atomic E-state index is 13.0. The predicted octanol–water partition coefficient (Wildman–Crippen LogP) is 5.32. The monoisotopic (exact) mass is 514 g/mol.